The first-order chi connectivity index (χ1) is 22.1. The number of aromatic nitrogens is 6. The monoisotopic (exact) mass is 581 g/mol. The average Bonchev–Trinajstić information content (AvgIpc) is 3.71. The van der Waals surface area contributed by atoms with Gasteiger partial charge in [-0.1, -0.05) is 91.0 Å². The maximum atomic E-state index is 4.94. The molecule has 45 heavy (non-hydrogen) atoms. The van der Waals surface area contributed by atoms with Gasteiger partial charge >= 0.3 is 0 Å². The van der Waals surface area contributed by atoms with Gasteiger partial charge in [0.05, 0.1) is 10.9 Å². The normalized spacial score (nSPS) is 13.3. The van der Waals surface area contributed by atoms with E-state index in [1.165, 1.54) is 28.1 Å². The number of nitrogens with zero attached hydrogens (tertiary/aromatic N) is 6. The van der Waals surface area contributed by atoms with Crippen molar-refractivity contribution in [2.75, 3.05) is 0 Å². The molecule has 214 valence electrons. The molecule has 0 bridgehead atoms. The molecule has 0 aliphatic carbocycles. The van der Waals surface area contributed by atoms with Crippen LogP contribution in [0, 0.1) is 0 Å². The second-order valence-electron chi connectivity index (χ2n) is 12.1. The van der Waals surface area contributed by atoms with Crippen LogP contribution < -0.4 is 4.57 Å². The van der Waals surface area contributed by atoms with Crippen LogP contribution in [0.2, 0.25) is 0 Å². The van der Waals surface area contributed by atoms with Gasteiger partial charge in [0.15, 0.2) is 28.7 Å². The summed E-state index contributed by atoms with van der Waals surface area (Å²) >= 11 is 0. The average molecular weight is 582 g/mol. The molecule has 8 aromatic rings. The number of para-hydroxylation sites is 3. The molecule has 5 aromatic carbocycles. The predicted molar refractivity (Wildman–Crippen MR) is 178 cm³/mol. The summed E-state index contributed by atoms with van der Waals surface area (Å²) in [6, 6.07) is 46.1. The van der Waals surface area contributed by atoms with Crippen LogP contribution in [0.4, 0.5) is 0 Å². The maximum Gasteiger partial charge on any atom is 0.256 e. The molecule has 0 saturated heterocycles. The van der Waals surface area contributed by atoms with Crippen molar-refractivity contribution in [3.05, 3.63) is 151 Å². The van der Waals surface area contributed by atoms with Crippen molar-refractivity contribution in [2.45, 2.75) is 19.3 Å². The van der Waals surface area contributed by atoms with E-state index in [1.807, 2.05) is 60.7 Å². The Morgan fingerprint density at radius 3 is 1.67 bits per heavy atom. The van der Waals surface area contributed by atoms with Gasteiger partial charge < -0.3 is 0 Å². The second-order valence-corrected chi connectivity index (χ2v) is 12.1. The van der Waals surface area contributed by atoms with E-state index in [2.05, 4.69) is 107 Å². The Morgan fingerprint density at radius 2 is 1.04 bits per heavy atom. The first-order valence-corrected chi connectivity index (χ1v) is 15.2. The fraction of sp³-hybridized carbons (Fsp3) is 0.0769. The lowest BCUT2D eigenvalue weighted by Gasteiger charge is -2.16. The molecule has 1 aliphatic heterocycles. The smallest absolute Gasteiger partial charge is 0.256 e. The molecule has 1 aliphatic rings. The second kappa shape index (κ2) is 9.56. The summed E-state index contributed by atoms with van der Waals surface area (Å²) in [5.41, 5.74) is 11.1. The Labute approximate surface area is 260 Å². The molecule has 0 atom stereocenters. The van der Waals surface area contributed by atoms with Gasteiger partial charge in [0.1, 0.15) is 5.69 Å². The van der Waals surface area contributed by atoms with Crippen LogP contribution in [-0.2, 0) is 5.41 Å². The van der Waals surface area contributed by atoms with Crippen LogP contribution in [0.25, 0.3) is 62.2 Å². The zero-order valence-corrected chi connectivity index (χ0v) is 25.0. The van der Waals surface area contributed by atoms with Crippen molar-refractivity contribution >= 4 is 16.7 Å². The Balaban J connectivity index is 1.22. The zero-order chi connectivity index (χ0) is 30.1. The highest BCUT2D eigenvalue weighted by Crippen LogP contribution is 2.42. The molecule has 0 N–H and O–H groups in total. The van der Waals surface area contributed by atoms with Crippen LogP contribution in [0.5, 0.6) is 0 Å². The molecular weight excluding hydrogens is 552 g/mol. The maximum absolute atomic E-state index is 4.94. The molecule has 0 amide bonds. The summed E-state index contributed by atoms with van der Waals surface area (Å²) in [4.78, 5) is 14.7. The molecule has 0 spiro atoms. The molecular formula is C39H29N6+. The summed E-state index contributed by atoms with van der Waals surface area (Å²) in [5, 5.41) is 0. The van der Waals surface area contributed by atoms with Crippen molar-refractivity contribution in [1.82, 2.24) is 23.9 Å². The fourth-order valence-corrected chi connectivity index (χ4v) is 6.87. The number of hydrogen-bond acceptors (Lipinski definition) is 3. The lowest BCUT2D eigenvalue weighted by molar-refractivity contribution is -0.597. The van der Waals surface area contributed by atoms with Gasteiger partial charge in [0.2, 0.25) is 0 Å². The fourth-order valence-electron chi connectivity index (χ4n) is 6.87. The van der Waals surface area contributed by atoms with Gasteiger partial charge in [-0.05, 0) is 56.3 Å². The molecule has 4 heterocycles. The standard InChI is InChI=1S/C39H29N6/c1-39(2)30-17-9-10-18-31(30)43-25-44-32-19-11-12-20-33(32)45(38(44)34(39)43)29-23-21-28(22-24-29)37-41-35(26-13-5-3-6-14-26)40-36(42-37)27-15-7-4-8-16-27/h3-25H,1-2H3/q+1. The highest BCUT2D eigenvalue weighted by molar-refractivity contribution is 5.86. The quantitative estimate of drug-likeness (QED) is 0.198. The highest BCUT2D eigenvalue weighted by atomic mass is 15.2. The topological polar surface area (TPSA) is 51.9 Å². The lowest BCUT2D eigenvalue weighted by Crippen LogP contribution is -2.31. The Morgan fingerprint density at radius 1 is 0.533 bits per heavy atom. The number of hydrogen-bond donors (Lipinski definition) is 0. The van der Waals surface area contributed by atoms with E-state index in [1.54, 1.807) is 0 Å². The van der Waals surface area contributed by atoms with E-state index in [4.69, 9.17) is 15.0 Å². The van der Waals surface area contributed by atoms with Gasteiger partial charge in [-0.25, -0.2) is 15.0 Å². The third kappa shape index (κ3) is 3.82. The van der Waals surface area contributed by atoms with Gasteiger partial charge in [-0.2, -0.15) is 8.97 Å². The van der Waals surface area contributed by atoms with Crippen molar-refractivity contribution in [3.8, 4) is 45.5 Å². The SMILES string of the molecule is CC1(C)c2ccccc2-[n+]2cn3c4ccccc4n(-c4ccc(-c5nc(-c6ccccc6)nc(-c6ccccc6)n5)cc4)c3c21. The van der Waals surface area contributed by atoms with Crippen molar-refractivity contribution in [2.24, 2.45) is 0 Å². The van der Waals surface area contributed by atoms with Crippen LogP contribution >= 0.6 is 0 Å². The van der Waals surface area contributed by atoms with Gasteiger partial charge in [0.25, 0.3) is 12.0 Å². The van der Waals surface area contributed by atoms with Crippen molar-refractivity contribution < 1.29 is 4.57 Å². The van der Waals surface area contributed by atoms with Crippen LogP contribution in [0.3, 0.4) is 0 Å². The van der Waals surface area contributed by atoms with Crippen LogP contribution in [0.1, 0.15) is 25.1 Å². The van der Waals surface area contributed by atoms with Gasteiger partial charge in [-0.3, -0.25) is 4.57 Å². The van der Waals surface area contributed by atoms with Crippen LogP contribution in [-0.4, -0.2) is 23.9 Å². The summed E-state index contributed by atoms with van der Waals surface area (Å²) in [6.45, 7) is 4.65. The molecule has 0 unspecified atom stereocenters. The van der Waals surface area contributed by atoms with E-state index in [-0.39, 0.29) is 5.41 Å². The van der Waals surface area contributed by atoms with E-state index in [9.17, 15) is 0 Å². The minimum absolute atomic E-state index is 0.163. The molecule has 6 nitrogen and oxygen atoms in total. The molecule has 9 rings (SSSR count). The minimum atomic E-state index is -0.163. The summed E-state index contributed by atoms with van der Waals surface area (Å²) in [6.07, 6.45) is 2.24. The Hall–Kier alpha value is -5.88. The third-order valence-electron chi connectivity index (χ3n) is 9.02. The summed E-state index contributed by atoms with van der Waals surface area (Å²) < 4.78 is 7.08. The summed E-state index contributed by atoms with van der Waals surface area (Å²) in [5.74, 6) is 1.96. The number of benzene rings is 5. The highest BCUT2D eigenvalue weighted by Gasteiger charge is 2.46. The van der Waals surface area contributed by atoms with Crippen molar-refractivity contribution in [3.63, 3.8) is 0 Å². The van der Waals surface area contributed by atoms with E-state index in [0.29, 0.717) is 17.5 Å². The van der Waals surface area contributed by atoms with Gasteiger partial charge in [-0.15, -0.1) is 0 Å². The molecule has 0 radical (unpaired) electrons. The Kier molecular flexibility index (Phi) is 5.44. The molecule has 3 aromatic heterocycles. The molecule has 6 heteroatoms. The van der Waals surface area contributed by atoms with E-state index >= 15 is 0 Å². The number of imidazole rings is 2. The third-order valence-corrected chi connectivity index (χ3v) is 9.02. The lowest BCUT2D eigenvalue weighted by atomic mass is 9.83. The largest absolute Gasteiger partial charge is 0.270 e. The van der Waals surface area contributed by atoms with Crippen LogP contribution in [0.15, 0.2) is 140 Å². The Bertz CT molecular complexity index is 2330. The van der Waals surface area contributed by atoms with E-state index in [0.717, 1.165) is 27.9 Å². The first-order valence-electron chi connectivity index (χ1n) is 15.2. The number of rotatable bonds is 4. The molecule has 0 saturated carbocycles. The first kappa shape index (κ1) is 25.6. The van der Waals surface area contributed by atoms with Crippen molar-refractivity contribution in [1.29, 1.82) is 0 Å². The summed E-state index contributed by atoms with van der Waals surface area (Å²) in [7, 11) is 0. The van der Waals surface area contributed by atoms with Gasteiger partial charge in [0, 0.05) is 27.9 Å². The van der Waals surface area contributed by atoms with E-state index < -0.39 is 0 Å². The predicted octanol–water partition coefficient (Wildman–Crippen LogP) is 7.99. The molecule has 0 fully saturated rings. The zero-order valence-electron chi connectivity index (χ0n) is 25.0. The number of fused-ring (bicyclic) bond motifs is 7. The minimum Gasteiger partial charge on any atom is -0.270 e.